The van der Waals surface area contributed by atoms with E-state index in [1.54, 1.807) is 0 Å². The van der Waals surface area contributed by atoms with Crippen LogP contribution >= 0.6 is 0 Å². The number of carbonyl (C=O) groups excluding carboxylic acids is 3. The molecule has 0 aromatic heterocycles. The maximum absolute atomic E-state index is 12.7. The third kappa shape index (κ3) is 47.5. The molecule has 0 N–H and O–H groups in total. The zero-order valence-electron chi connectivity index (χ0n) is 40.9. The number of esters is 3. The third-order valence-electron chi connectivity index (χ3n) is 12.3. The van der Waals surface area contributed by atoms with Crippen molar-refractivity contribution in [2.45, 2.75) is 310 Å². The number of hydrogen-bond acceptors (Lipinski definition) is 6. The van der Waals surface area contributed by atoms with Crippen molar-refractivity contribution in [3.05, 3.63) is 0 Å². The van der Waals surface area contributed by atoms with Gasteiger partial charge in [0.25, 0.3) is 0 Å². The fourth-order valence-corrected chi connectivity index (χ4v) is 8.22. The van der Waals surface area contributed by atoms with Crippen LogP contribution in [0.2, 0.25) is 0 Å². The molecule has 0 aliphatic heterocycles. The standard InChI is InChI=1S/C54H104O6/c1-5-7-9-11-13-15-16-17-19-23-26-30-33-37-41-45-52(55)58-48-51(60-54(57)47-43-39-35-28-14-12-10-8-6-2)49-59-53(56)46-42-38-34-31-27-24-21-18-20-22-25-29-32-36-40-44-50(3)4/h50-51H,5-49H2,1-4H3/t51-/m1/s1. The fraction of sp³-hybridized carbons (Fsp3) is 0.944. The van der Waals surface area contributed by atoms with E-state index in [1.807, 2.05) is 0 Å². The highest BCUT2D eigenvalue weighted by Crippen LogP contribution is 2.17. The van der Waals surface area contributed by atoms with E-state index >= 15 is 0 Å². The Morgan fingerprint density at radius 2 is 0.550 bits per heavy atom. The van der Waals surface area contributed by atoms with Crippen molar-refractivity contribution in [2.75, 3.05) is 13.2 Å². The molecule has 0 aromatic carbocycles. The quantitative estimate of drug-likeness (QED) is 0.0345. The monoisotopic (exact) mass is 849 g/mol. The zero-order chi connectivity index (χ0) is 43.8. The second-order valence-corrected chi connectivity index (χ2v) is 19.0. The van der Waals surface area contributed by atoms with Gasteiger partial charge in [-0.3, -0.25) is 14.4 Å². The lowest BCUT2D eigenvalue weighted by molar-refractivity contribution is -0.167. The number of unbranched alkanes of at least 4 members (excludes halogenated alkanes) is 36. The van der Waals surface area contributed by atoms with Crippen LogP contribution in [0.3, 0.4) is 0 Å². The summed E-state index contributed by atoms with van der Waals surface area (Å²) in [6, 6.07) is 0. The van der Waals surface area contributed by atoms with Crippen LogP contribution in [0.4, 0.5) is 0 Å². The lowest BCUT2D eigenvalue weighted by Gasteiger charge is -2.18. The molecule has 0 aliphatic rings. The fourth-order valence-electron chi connectivity index (χ4n) is 8.22. The molecule has 0 saturated heterocycles. The SMILES string of the molecule is CCCCCCCCCCCCCCCCCC(=O)OC[C@H](COC(=O)CCCCCCCCCCCCCCCCCC(C)C)OC(=O)CCCCCCCCCCC. The molecule has 0 saturated carbocycles. The average molecular weight is 849 g/mol. The van der Waals surface area contributed by atoms with E-state index in [0.29, 0.717) is 19.3 Å². The minimum atomic E-state index is -0.760. The topological polar surface area (TPSA) is 78.9 Å². The van der Waals surface area contributed by atoms with Crippen molar-refractivity contribution >= 4 is 17.9 Å². The Kier molecular flexibility index (Phi) is 47.2. The molecule has 0 rings (SSSR count). The van der Waals surface area contributed by atoms with Gasteiger partial charge in [0.2, 0.25) is 0 Å². The predicted octanol–water partition coefficient (Wildman–Crippen LogP) is 17.5. The maximum atomic E-state index is 12.7. The van der Waals surface area contributed by atoms with Gasteiger partial charge in [0.1, 0.15) is 13.2 Å². The molecule has 0 bridgehead atoms. The van der Waals surface area contributed by atoms with Gasteiger partial charge >= 0.3 is 17.9 Å². The summed E-state index contributed by atoms with van der Waals surface area (Å²) in [7, 11) is 0. The Labute approximate surface area is 374 Å². The van der Waals surface area contributed by atoms with Crippen LogP contribution in [0.15, 0.2) is 0 Å². The van der Waals surface area contributed by atoms with E-state index in [2.05, 4.69) is 27.7 Å². The first-order valence-corrected chi connectivity index (χ1v) is 26.9. The van der Waals surface area contributed by atoms with E-state index in [4.69, 9.17) is 14.2 Å². The van der Waals surface area contributed by atoms with Crippen molar-refractivity contribution in [1.82, 2.24) is 0 Å². The van der Waals surface area contributed by atoms with E-state index < -0.39 is 6.10 Å². The van der Waals surface area contributed by atoms with E-state index in [9.17, 15) is 14.4 Å². The van der Waals surface area contributed by atoms with Crippen molar-refractivity contribution in [2.24, 2.45) is 5.92 Å². The van der Waals surface area contributed by atoms with Crippen LogP contribution < -0.4 is 0 Å². The summed E-state index contributed by atoms with van der Waals surface area (Å²) in [6.45, 7) is 9.03. The normalized spacial score (nSPS) is 11.9. The van der Waals surface area contributed by atoms with Gasteiger partial charge in [-0.05, 0) is 25.2 Å². The highest BCUT2D eigenvalue weighted by atomic mass is 16.6. The molecule has 0 aliphatic carbocycles. The summed E-state index contributed by atoms with van der Waals surface area (Å²) in [5.74, 6) is 0.00524. The molecule has 0 heterocycles. The van der Waals surface area contributed by atoms with Gasteiger partial charge < -0.3 is 14.2 Å². The molecule has 60 heavy (non-hydrogen) atoms. The van der Waals surface area contributed by atoms with Crippen molar-refractivity contribution in [3.8, 4) is 0 Å². The van der Waals surface area contributed by atoms with Gasteiger partial charge in [-0.25, -0.2) is 0 Å². The molecule has 0 amide bonds. The lowest BCUT2D eigenvalue weighted by Crippen LogP contribution is -2.30. The van der Waals surface area contributed by atoms with Crippen LogP contribution in [-0.2, 0) is 28.6 Å². The zero-order valence-corrected chi connectivity index (χ0v) is 40.9. The van der Waals surface area contributed by atoms with Crippen LogP contribution in [0.5, 0.6) is 0 Å². The maximum Gasteiger partial charge on any atom is 0.306 e. The second-order valence-electron chi connectivity index (χ2n) is 19.0. The van der Waals surface area contributed by atoms with Gasteiger partial charge in [-0.2, -0.15) is 0 Å². The molecule has 6 heteroatoms. The van der Waals surface area contributed by atoms with Gasteiger partial charge in [-0.1, -0.05) is 265 Å². The number of carbonyl (C=O) groups is 3. The van der Waals surface area contributed by atoms with Gasteiger partial charge in [0.05, 0.1) is 0 Å². The first-order chi connectivity index (χ1) is 29.4. The lowest BCUT2D eigenvalue weighted by atomic mass is 10.0. The number of rotatable bonds is 49. The van der Waals surface area contributed by atoms with Gasteiger partial charge in [0.15, 0.2) is 6.10 Å². The minimum absolute atomic E-state index is 0.0626. The summed E-state index contributed by atoms with van der Waals surface area (Å²) in [5, 5.41) is 0. The largest absolute Gasteiger partial charge is 0.462 e. The van der Waals surface area contributed by atoms with Crippen LogP contribution in [0.1, 0.15) is 304 Å². The van der Waals surface area contributed by atoms with Crippen molar-refractivity contribution in [1.29, 1.82) is 0 Å². The summed E-state index contributed by atoms with van der Waals surface area (Å²) in [5.41, 5.74) is 0. The first kappa shape index (κ1) is 58.4. The van der Waals surface area contributed by atoms with Crippen molar-refractivity contribution in [3.63, 3.8) is 0 Å². The predicted molar refractivity (Wildman–Crippen MR) is 257 cm³/mol. The Morgan fingerprint density at radius 3 is 0.817 bits per heavy atom. The number of hydrogen-bond donors (Lipinski definition) is 0. The van der Waals surface area contributed by atoms with E-state index in [0.717, 1.165) is 63.7 Å². The van der Waals surface area contributed by atoms with E-state index in [-0.39, 0.29) is 31.1 Å². The average Bonchev–Trinajstić information content (AvgIpc) is 3.23. The molecule has 0 aromatic rings. The highest BCUT2D eigenvalue weighted by Gasteiger charge is 2.19. The summed E-state index contributed by atoms with van der Waals surface area (Å²) in [4.78, 5) is 37.9. The molecule has 0 radical (unpaired) electrons. The molecular formula is C54H104O6. The Balaban J connectivity index is 4.20. The molecule has 0 spiro atoms. The van der Waals surface area contributed by atoms with Gasteiger partial charge in [0, 0.05) is 19.3 Å². The summed E-state index contributed by atoms with van der Waals surface area (Å²) in [6.07, 6.45) is 50.9. The second kappa shape index (κ2) is 48.4. The van der Waals surface area contributed by atoms with Crippen LogP contribution in [0, 0.1) is 5.92 Å². The van der Waals surface area contributed by atoms with Crippen molar-refractivity contribution < 1.29 is 28.6 Å². The Bertz CT molecular complexity index is 903. The molecular weight excluding hydrogens is 745 g/mol. The highest BCUT2D eigenvalue weighted by molar-refractivity contribution is 5.71. The summed E-state index contributed by atoms with van der Waals surface area (Å²) >= 11 is 0. The molecule has 0 fully saturated rings. The first-order valence-electron chi connectivity index (χ1n) is 26.9. The molecule has 356 valence electrons. The van der Waals surface area contributed by atoms with Crippen LogP contribution in [0.25, 0.3) is 0 Å². The third-order valence-corrected chi connectivity index (χ3v) is 12.3. The molecule has 6 nitrogen and oxygen atoms in total. The Morgan fingerprint density at radius 1 is 0.317 bits per heavy atom. The molecule has 0 unspecified atom stereocenters. The number of ether oxygens (including phenoxy) is 3. The molecule has 1 atom stereocenters. The van der Waals surface area contributed by atoms with Crippen LogP contribution in [-0.4, -0.2) is 37.2 Å². The Hall–Kier alpha value is -1.59. The minimum Gasteiger partial charge on any atom is -0.462 e. The van der Waals surface area contributed by atoms with Gasteiger partial charge in [-0.15, -0.1) is 0 Å². The van der Waals surface area contributed by atoms with E-state index in [1.165, 1.54) is 199 Å². The summed E-state index contributed by atoms with van der Waals surface area (Å²) < 4.78 is 16.8. The smallest absolute Gasteiger partial charge is 0.306 e.